The molecular formula is C24H22N6. The third-order valence-electron chi connectivity index (χ3n) is 5.17. The molecule has 5 rings (SSSR count). The molecule has 0 spiro atoms. The number of anilines is 2. The molecule has 0 atom stereocenters. The minimum atomic E-state index is 0.755. The van der Waals surface area contributed by atoms with Crippen LogP contribution >= 0.6 is 0 Å². The molecule has 0 fully saturated rings. The van der Waals surface area contributed by atoms with E-state index in [-0.39, 0.29) is 0 Å². The Kier molecular flexibility index (Phi) is 4.52. The molecule has 0 bridgehead atoms. The number of aromatic nitrogens is 5. The topological polar surface area (TPSA) is 60.6 Å². The lowest BCUT2D eigenvalue weighted by Gasteiger charge is -2.10. The monoisotopic (exact) mass is 394 g/mol. The fourth-order valence-electron chi connectivity index (χ4n) is 3.65. The summed E-state index contributed by atoms with van der Waals surface area (Å²) in [5.41, 5.74) is 6.32. The summed E-state index contributed by atoms with van der Waals surface area (Å²) in [5.74, 6) is 1.75. The summed E-state index contributed by atoms with van der Waals surface area (Å²) in [7, 11) is 0. The first-order valence-electron chi connectivity index (χ1n) is 9.93. The van der Waals surface area contributed by atoms with Gasteiger partial charge >= 0.3 is 0 Å². The average molecular weight is 394 g/mol. The molecule has 3 aromatic carbocycles. The molecule has 5 aromatic rings. The van der Waals surface area contributed by atoms with Gasteiger partial charge in [-0.2, -0.15) is 5.10 Å². The molecule has 0 radical (unpaired) electrons. The normalized spacial score (nSPS) is 11.1. The van der Waals surface area contributed by atoms with Crippen molar-refractivity contribution < 1.29 is 0 Å². The summed E-state index contributed by atoms with van der Waals surface area (Å²) in [4.78, 5) is 9.03. The summed E-state index contributed by atoms with van der Waals surface area (Å²) in [6.07, 6.45) is 1.72. The Balaban J connectivity index is 1.44. The van der Waals surface area contributed by atoms with Crippen molar-refractivity contribution in [2.24, 2.45) is 0 Å². The van der Waals surface area contributed by atoms with Crippen LogP contribution in [0, 0.1) is 13.8 Å². The van der Waals surface area contributed by atoms with Crippen molar-refractivity contribution in [1.29, 1.82) is 0 Å². The van der Waals surface area contributed by atoms with E-state index in [9.17, 15) is 0 Å². The summed E-state index contributed by atoms with van der Waals surface area (Å²) in [6, 6.07) is 24.9. The Hall–Kier alpha value is -3.93. The van der Waals surface area contributed by atoms with Gasteiger partial charge in [-0.3, -0.25) is 0 Å². The Morgan fingerprint density at radius 3 is 2.40 bits per heavy atom. The van der Waals surface area contributed by atoms with Gasteiger partial charge in [0.1, 0.15) is 23.5 Å². The molecule has 2 aromatic heterocycles. The maximum absolute atomic E-state index is 4.85. The fraction of sp³-hybridized carbons (Fsp3) is 0.125. The summed E-state index contributed by atoms with van der Waals surface area (Å²) in [6.45, 7) is 4.74. The Bertz CT molecular complexity index is 1300. The predicted molar refractivity (Wildman–Crippen MR) is 119 cm³/mol. The van der Waals surface area contributed by atoms with E-state index in [0.29, 0.717) is 0 Å². The number of imidazole rings is 1. The largest absolute Gasteiger partial charge is 0.354 e. The van der Waals surface area contributed by atoms with Crippen LogP contribution < -0.4 is 5.32 Å². The molecule has 6 nitrogen and oxygen atoms in total. The van der Waals surface area contributed by atoms with Gasteiger partial charge in [0.15, 0.2) is 0 Å². The van der Waals surface area contributed by atoms with E-state index in [0.717, 1.165) is 46.3 Å². The number of para-hydroxylation sites is 1. The van der Waals surface area contributed by atoms with E-state index in [4.69, 9.17) is 4.98 Å². The fourth-order valence-corrected chi connectivity index (χ4v) is 3.65. The van der Waals surface area contributed by atoms with Gasteiger partial charge in [-0.25, -0.2) is 14.6 Å². The molecule has 2 heterocycles. The third kappa shape index (κ3) is 3.43. The van der Waals surface area contributed by atoms with Crippen molar-refractivity contribution in [2.75, 3.05) is 5.32 Å². The second-order valence-corrected chi connectivity index (χ2v) is 7.31. The highest BCUT2D eigenvalue weighted by Crippen LogP contribution is 2.28. The lowest BCUT2D eigenvalue weighted by atomic mass is 10.2. The van der Waals surface area contributed by atoms with Gasteiger partial charge in [0.25, 0.3) is 0 Å². The number of hydrogen-bond donors (Lipinski definition) is 1. The van der Waals surface area contributed by atoms with Crippen LogP contribution in [0.5, 0.6) is 0 Å². The molecule has 0 unspecified atom stereocenters. The zero-order valence-corrected chi connectivity index (χ0v) is 16.9. The lowest BCUT2D eigenvalue weighted by molar-refractivity contribution is 0.786. The average Bonchev–Trinajstić information content (AvgIpc) is 3.34. The molecule has 148 valence electrons. The van der Waals surface area contributed by atoms with Crippen LogP contribution in [0.1, 0.15) is 17.2 Å². The number of nitrogens with zero attached hydrogens (tertiary/aromatic N) is 5. The van der Waals surface area contributed by atoms with E-state index < -0.39 is 0 Å². The number of benzene rings is 3. The number of aryl methyl sites for hydroxylation is 2. The number of fused-ring (bicyclic) bond motifs is 1. The van der Waals surface area contributed by atoms with Crippen molar-refractivity contribution in [3.63, 3.8) is 0 Å². The highest BCUT2D eigenvalue weighted by Gasteiger charge is 2.12. The van der Waals surface area contributed by atoms with Crippen LogP contribution in [-0.2, 0) is 6.54 Å². The zero-order valence-electron chi connectivity index (χ0n) is 16.9. The first kappa shape index (κ1) is 18.1. The van der Waals surface area contributed by atoms with E-state index in [1.54, 1.807) is 11.0 Å². The standard InChI is InChI=1S/C24H22N6/c1-17-25-16-30(28-17)21-13-11-20(12-14-21)27-22-9-6-10-23-24(22)26-18(2)29(23)15-19-7-4-3-5-8-19/h3-14,16,27H,15H2,1-2H3. The van der Waals surface area contributed by atoms with Crippen molar-refractivity contribution >= 4 is 22.4 Å². The predicted octanol–water partition coefficient (Wildman–Crippen LogP) is 5.03. The Morgan fingerprint density at radius 2 is 1.67 bits per heavy atom. The van der Waals surface area contributed by atoms with Crippen LogP contribution in [0.2, 0.25) is 0 Å². The zero-order chi connectivity index (χ0) is 20.5. The van der Waals surface area contributed by atoms with E-state index >= 15 is 0 Å². The second-order valence-electron chi connectivity index (χ2n) is 7.31. The lowest BCUT2D eigenvalue weighted by Crippen LogP contribution is -2.01. The van der Waals surface area contributed by atoms with Crippen molar-refractivity contribution in [3.05, 3.63) is 96.3 Å². The number of nitrogens with one attached hydrogen (secondary N) is 1. The summed E-state index contributed by atoms with van der Waals surface area (Å²) < 4.78 is 4.03. The van der Waals surface area contributed by atoms with E-state index in [1.165, 1.54) is 5.56 Å². The molecular weight excluding hydrogens is 372 g/mol. The second kappa shape index (κ2) is 7.48. The van der Waals surface area contributed by atoms with E-state index in [2.05, 4.69) is 69.4 Å². The van der Waals surface area contributed by atoms with Crippen LogP contribution in [0.4, 0.5) is 11.4 Å². The quantitative estimate of drug-likeness (QED) is 0.454. The molecule has 1 N–H and O–H groups in total. The maximum atomic E-state index is 4.85. The molecule has 0 amide bonds. The van der Waals surface area contributed by atoms with Crippen LogP contribution in [0.3, 0.4) is 0 Å². The Morgan fingerprint density at radius 1 is 0.867 bits per heavy atom. The maximum Gasteiger partial charge on any atom is 0.147 e. The van der Waals surface area contributed by atoms with Gasteiger partial charge in [0.05, 0.1) is 16.9 Å². The van der Waals surface area contributed by atoms with Gasteiger partial charge in [-0.15, -0.1) is 0 Å². The Labute approximate surface area is 174 Å². The minimum absolute atomic E-state index is 0.755. The third-order valence-corrected chi connectivity index (χ3v) is 5.17. The molecule has 0 aliphatic rings. The molecule has 30 heavy (non-hydrogen) atoms. The molecule has 6 heteroatoms. The molecule has 0 aliphatic heterocycles. The highest BCUT2D eigenvalue weighted by molar-refractivity contribution is 5.91. The number of rotatable bonds is 5. The molecule has 0 aliphatic carbocycles. The first-order valence-corrected chi connectivity index (χ1v) is 9.93. The van der Waals surface area contributed by atoms with Gasteiger partial charge in [0.2, 0.25) is 0 Å². The van der Waals surface area contributed by atoms with Crippen molar-refractivity contribution in [2.45, 2.75) is 20.4 Å². The van der Waals surface area contributed by atoms with Crippen LogP contribution in [-0.4, -0.2) is 24.3 Å². The van der Waals surface area contributed by atoms with Crippen molar-refractivity contribution in [1.82, 2.24) is 24.3 Å². The van der Waals surface area contributed by atoms with Gasteiger partial charge in [-0.05, 0) is 55.8 Å². The first-order chi connectivity index (χ1) is 14.7. The van der Waals surface area contributed by atoms with E-state index in [1.807, 2.05) is 37.3 Å². The van der Waals surface area contributed by atoms with Gasteiger partial charge < -0.3 is 9.88 Å². The highest BCUT2D eigenvalue weighted by atomic mass is 15.3. The van der Waals surface area contributed by atoms with Crippen LogP contribution in [0.25, 0.3) is 16.7 Å². The molecule has 0 saturated heterocycles. The minimum Gasteiger partial charge on any atom is -0.354 e. The smallest absolute Gasteiger partial charge is 0.147 e. The van der Waals surface area contributed by atoms with Crippen LogP contribution in [0.15, 0.2) is 79.1 Å². The summed E-state index contributed by atoms with van der Waals surface area (Å²) in [5, 5.41) is 7.87. The SMILES string of the molecule is Cc1ncn(-c2ccc(Nc3cccc4c3nc(C)n4Cc3ccccc3)cc2)n1. The molecule has 0 saturated carbocycles. The number of hydrogen-bond acceptors (Lipinski definition) is 4. The summed E-state index contributed by atoms with van der Waals surface area (Å²) >= 11 is 0. The van der Waals surface area contributed by atoms with Gasteiger partial charge in [0, 0.05) is 12.2 Å². The van der Waals surface area contributed by atoms with Gasteiger partial charge in [-0.1, -0.05) is 36.4 Å². The van der Waals surface area contributed by atoms with Crippen molar-refractivity contribution in [3.8, 4) is 5.69 Å².